The molecule has 0 unspecified atom stereocenters. The fourth-order valence-corrected chi connectivity index (χ4v) is 1.69. The van der Waals surface area contributed by atoms with Crippen molar-refractivity contribution in [2.24, 2.45) is 0 Å². The van der Waals surface area contributed by atoms with Crippen molar-refractivity contribution in [3.63, 3.8) is 0 Å². The predicted octanol–water partition coefficient (Wildman–Crippen LogP) is 1.77. The smallest absolute Gasteiger partial charge is 0.160 e. The Morgan fingerprint density at radius 1 is 1.20 bits per heavy atom. The summed E-state index contributed by atoms with van der Waals surface area (Å²) in [5.74, 6) is 1.45. The van der Waals surface area contributed by atoms with Crippen molar-refractivity contribution in [2.45, 2.75) is 24.9 Å². The van der Waals surface area contributed by atoms with E-state index >= 15 is 0 Å². The van der Waals surface area contributed by atoms with Crippen molar-refractivity contribution < 1.29 is 14.6 Å². The number of methoxy groups -OCH3 is 2. The van der Waals surface area contributed by atoms with E-state index in [1.807, 2.05) is 18.2 Å². The van der Waals surface area contributed by atoms with Gasteiger partial charge < -0.3 is 14.6 Å². The van der Waals surface area contributed by atoms with Crippen molar-refractivity contribution in [3.05, 3.63) is 23.8 Å². The molecular weight excluding hydrogens is 192 g/mol. The van der Waals surface area contributed by atoms with Crippen molar-refractivity contribution in [1.29, 1.82) is 0 Å². The average Bonchev–Trinajstić information content (AvgIpc) is 2.96. The number of hydrogen-bond donors (Lipinski definition) is 1. The van der Waals surface area contributed by atoms with E-state index in [1.165, 1.54) is 0 Å². The van der Waals surface area contributed by atoms with Gasteiger partial charge in [-0.3, -0.25) is 0 Å². The molecule has 0 radical (unpaired) electrons. The average molecular weight is 208 g/mol. The fraction of sp³-hybridized carbons (Fsp3) is 0.500. The van der Waals surface area contributed by atoms with Crippen molar-refractivity contribution in [1.82, 2.24) is 0 Å². The summed E-state index contributed by atoms with van der Waals surface area (Å²) in [6, 6.07) is 5.77. The van der Waals surface area contributed by atoms with Crippen LogP contribution in [0.2, 0.25) is 0 Å². The van der Waals surface area contributed by atoms with Gasteiger partial charge >= 0.3 is 0 Å². The van der Waals surface area contributed by atoms with Crippen LogP contribution in [0, 0.1) is 0 Å². The van der Waals surface area contributed by atoms with Gasteiger partial charge in [-0.05, 0) is 30.5 Å². The Morgan fingerprint density at radius 3 is 2.40 bits per heavy atom. The van der Waals surface area contributed by atoms with Crippen LogP contribution in [-0.2, 0) is 6.42 Å². The molecule has 0 spiro atoms. The van der Waals surface area contributed by atoms with E-state index in [-0.39, 0.29) is 0 Å². The van der Waals surface area contributed by atoms with Gasteiger partial charge in [0.1, 0.15) is 0 Å². The number of hydrogen-bond acceptors (Lipinski definition) is 3. The van der Waals surface area contributed by atoms with E-state index in [9.17, 15) is 5.11 Å². The number of ether oxygens (including phenoxy) is 2. The van der Waals surface area contributed by atoms with Crippen molar-refractivity contribution in [3.8, 4) is 11.5 Å². The lowest BCUT2D eigenvalue weighted by Crippen LogP contribution is -2.10. The molecule has 15 heavy (non-hydrogen) atoms. The fourth-order valence-electron chi connectivity index (χ4n) is 1.69. The highest BCUT2D eigenvalue weighted by Gasteiger charge is 2.40. The molecule has 0 aromatic heterocycles. The first-order valence-corrected chi connectivity index (χ1v) is 5.10. The molecule has 1 aliphatic carbocycles. The van der Waals surface area contributed by atoms with Crippen LogP contribution in [0.3, 0.4) is 0 Å². The van der Waals surface area contributed by atoms with E-state index < -0.39 is 5.60 Å². The Hall–Kier alpha value is -1.22. The van der Waals surface area contributed by atoms with Gasteiger partial charge in [0.25, 0.3) is 0 Å². The van der Waals surface area contributed by atoms with E-state index in [0.29, 0.717) is 6.42 Å². The molecule has 3 heteroatoms. The maximum atomic E-state index is 9.80. The lowest BCUT2D eigenvalue weighted by molar-refractivity contribution is 0.151. The second-order valence-electron chi connectivity index (χ2n) is 4.09. The minimum absolute atomic E-state index is 0.459. The summed E-state index contributed by atoms with van der Waals surface area (Å²) in [5.41, 5.74) is 0.632. The number of aliphatic hydroxyl groups is 1. The van der Waals surface area contributed by atoms with Gasteiger partial charge in [0.05, 0.1) is 19.8 Å². The van der Waals surface area contributed by atoms with Gasteiger partial charge in [0.15, 0.2) is 11.5 Å². The van der Waals surface area contributed by atoms with Gasteiger partial charge in [-0.1, -0.05) is 6.07 Å². The van der Waals surface area contributed by atoms with E-state index in [0.717, 1.165) is 29.9 Å². The zero-order chi connectivity index (χ0) is 10.9. The van der Waals surface area contributed by atoms with Crippen LogP contribution in [0.15, 0.2) is 18.2 Å². The topological polar surface area (TPSA) is 38.7 Å². The molecule has 0 aliphatic heterocycles. The summed E-state index contributed by atoms with van der Waals surface area (Å²) in [6.07, 6.45) is 2.51. The third-order valence-corrected chi connectivity index (χ3v) is 2.81. The van der Waals surface area contributed by atoms with Crippen LogP contribution in [0.5, 0.6) is 11.5 Å². The molecule has 0 heterocycles. The monoisotopic (exact) mass is 208 g/mol. The molecule has 0 amide bonds. The normalized spacial score (nSPS) is 17.3. The number of benzene rings is 1. The summed E-state index contributed by atoms with van der Waals surface area (Å²) in [6.45, 7) is 0. The van der Waals surface area contributed by atoms with Crippen molar-refractivity contribution in [2.75, 3.05) is 14.2 Å². The molecule has 1 saturated carbocycles. The zero-order valence-electron chi connectivity index (χ0n) is 9.12. The van der Waals surface area contributed by atoms with E-state index in [2.05, 4.69) is 0 Å². The number of rotatable bonds is 4. The summed E-state index contributed by atoms with van der Waals surface area (Å²) in [4.78, 5) is 0. The molecule has 0 atom stereocenters. The molecule has 1 aliphatic rings. The first-order valence-electron chi connectivity index (χ1n) is 5.10. The molecule has 1 N–H and O–H groups in total. The SMILES string of the molecule is COc1ccc(CC2(O)CC2)cc1OC. The predicted molar refractivity (Wildman–Crippen MR) is 57.4 cm³/mol. The van der Waals surface area contributed by atoms with Crippen LogP contribution in [-0.4, -0.2) is 24.9 Å². The standard InChI is InChI=1S/C12H16O3/c1-14-10-4-3-9(7-11(10)15-2)8-12(13)5-6-12/h3-4,7,13H,5-6,8H2,1-2H3. The summed E-state index contributed by atoms with van der Waals surface area (Å²) < 4.78 is 10.4. The summed E-state index contributed by atoms with van der Waals surface area (Å²) in [5, 5.41) is 9.80. The third kappa shape index (κ3) is 2.23. The van der Waals surface area contributed by atoms with Crippen molar-refractivity contribution >= 4 is 0 Å². The summed E-state index contributed by atoms with van der Waals surface area (Å²) >= 11 is 0. The quantitative estimate of drug-likeness (QED) is 0.819. The Balaban J connectivity index is 2.18. The Labute approximate surface area is 89.6 Å². The highest BCUT2D eigenvalue weighted by Crippen LogP contribution is 2.39. The molecule has 2 rings (SSSR count). The summed E-state index contributed by atoms with van der Waals surface area (Å²) in [7, 11) is 3.24. The third-order valence-electron chi connectivity index (χ3n) is 2.81. The van der Waals surface area contributed by atoms with Crippen LogP contribution >= 0.6 is 0 Å². The molecule has 1 fully saturated rings. The minimum Gasteiger partial charge on any atom is -0.493 e. The zero-order valence-corrected chi connectivity index (χ0v) is 9.12. The molecule has 0 bridgehead atoms. The minimum atomic E-state index is -0.459. The van der Waals surface area contributed by atoms with Gasteiger partial charge in [-0.25, -0.2) is 0 Å². The van der Waals surface area contributed by atoms with Crippen LogP contribution < -0.4 is 9.47 Å². The first-order chi connectivity index (χ1) is 7.17. The second kappa shape index (κ2) is 3.74. The molecule has 1 aromatic carbocycles. The van der Waals surface area contributed by atoms with Gasteiger partial charge in [-0.15, -0.1) is 0 Å². The van der Waals surface area contributed by atoms with E-state index in [4.69, 9.17) is 9.47 Å². The van der Waals surface area contributed by atoms with Crippen LogP contribution in [0.4, 0.5) is 0 Å². The maximum absolute atomic E-state index is 9.80. The maximum Gasteiger partial charge on any atom is 0.160 e. The van der Waals surface area contributed by atoms with Crippen LogP contribution in [0.25, 0.3) is 0 Å². The second-order valence-corrected chi connectivity index (χ2v) is 4.09. The molecule has 0 saturated heterocycles. The molecular formula is C12H16O3. The lowest BCUT2D eigenvalue weighted by Gasteiger charge is -2.11. The highest BCUT2D eigenvalue weighted by molar-refractivity contribution is 5.43. The Bertz CT molecular complexity index is 356. The van der Waals surface area contributed by atoms with Gasteiger partial charge in [-0.2, -0.15) is 0 Å². The van der Waals surface area contributed by atoms with Crippen LogP contribution in [0.1, 0.15) is 18.4 Å². The first kappa shape index (κ1) is 10.3. The molecule has 82 valence electrons. The van der Waals surface area contributed by atoms with E-state index in [1.54, 1.807) is 14.2 Å². The van der Waals surface area contributed by atoms with Gasteiger partial charge in [0.2, 0.25) is 0 Å². The Kier molecular flexibility index (Phi) is 2.57. The Morgan fingerprint density at radius 2 is 1.87 bits per heavy atom. The highest BCUT2D eigenvalue weighted by atomic mass is 16.5. The molecule has 1 aromatic rings. The largest absolute Gasteiger partial charge is 0.493 e. The molecule has 3 nitrogen and oxygen atoms in total. The lowest BCUT2D eigenvalue weighted by atomic mass is 10.1. The van der Waals surface area contributed by atoms with Gasteiger partial charge in [0, 0.05) is 6.42 Å².